The lowest BCUT2D eigenvalue weighted by Gasteiger charge is -2.23. The number of hydrogen-bond acceptors (Lipinski definition) is 3. The van der Waals surface area contributed by atoms with Crippen LogP contribution in [0.4, 0.5) is 0 Å². The zero-order valence-electron chi connectivity index (χ0n) is 12.4. The summed E-state index contributed by atoms with van der Waals surface area (Å²) >= 11 is 3.55. The number of halogens is 1. The van der Waals surface area contributed by atoms with Gasteiger partial charge in [-0.1, -0.05) is 12.1 Å². The van der Waals surface area contributed by atoms with Crippen LogP contribution in [0, 0.1) is 0 Å². The fourth-order valence-corrected chi connectivity index (χ4v) is 2.16. The maximum absolute atomic E-state index is 5.97. The normalized spacial score (nSPS) is 13.4. The Hall–Kier alpha value is -0.580. The summed E-state index contributed by atoms with van der Waals surface area (Å²) in [6, 6.07) is 6.10. The zero-order chi connectivity index (χ0) is 14.5. The number of rotatable bonds is 6. The minimum Gasteiger partial charge on any atom is -0.487 e. The second kappa shape index (κ2) is 7.27. The maximum Gasteiger partial charge on any atom is 0.138 e. The van der Waals surface area contributed by atoms with Crippen LogP contribution < -0.4 is 10.1 Å². The first kappa shape index (κ1) is 16.5. The van der Waals surface area contributed by atoms with Crippen LogP contribution in [0.15, 0.2) is 22.7 Å². The molecule has 0 aromatic heterocycles. The van der Waals surface area contributed by atoms with Crippen molar-refractivity contribution in [3.63, 3.8) is 0 Å². The molecule has 1 aromatic rings. The lowest BCUT2D eigenvalue weighted by molar-refractivity contribution is 0.0907. The van der Waals surface area contributed by atoms with Gasteiger partial charge in [-0.05, 0) is 49.7 Å². The highest BCUT2D eigenvalue weighted by atomic mass is 79.9. The molecule has 0 bridgehead atoms. The summed E-state index contributed by atoms with van der Waals surface area (Å²) in [4.78, 5) is 0. The molecule has 0 amide bonds. The molecule has 0 aliphatic heterocycles. The smallest absolute Gasteiger partial charge is 0.138 e. The quantitative estimate of drug-likeness (QED) is 0.862. The highest BCUT2D eigenvalue weighted by Gasteiger charge is 2.14. The Kier molecular flexibility index (Phi) is 6.30. The van der Waals surface area contributed by atoms with Gasteiger partial charge in [0, 0.05) is 24.8 Å². The number of ether oxygens (including phenoxy) is 2. The van der Waals surface area contributed by atoms with Crippen LogP contribution in [-0.2, 0) is 11.3 Å². The Morgan fingerprint density at radius 1 is 1.32 bits per heavy atom. The molecule has 1 N–H and O–H groups in total. The van der Waals surface area contributed by atoms with E-state index in [2.05, 4.69) is 48.1 Å². The number of benzene rings is 1. The monoisotopic (exact) mass is 329 g/mol. The van der Waals surface area contributed by atoms with Crippen LogP contribution in [0.2, 0.25) is 0 Å². The number of methoxy groups -OCH3 is 1. The van der Waals surface area contributed by atoms with E-state index in [1.807, 2.05) is 19.1 Å². The van der Waals surface area contributed by atoms with Crippen molar-refractivity contribution in [1.82, 2.24) is 5.32 Å². The third-order valence-corrected chi connectivity index (χ3v) is 3.20. The minimum absolute atomic E-state index is 0.0251. The van der Waals surface area contributed by atoms with Crippen LogP contribution in [0.3, 0.4) is 0 Å². The first-order valence-electron chi connectivity index (χ1n) is 6.51. The summed E-state index contributed by atoms with van der Waals surface area (Å²) in [5.41, 5.74) is 1.23. The largest absolute Gasteiger partial charge is 0.487 e. The molecule has 4 heteroatoms. The van der Waals surface area contributed by atoms with Gasteiger partial charge in [-0.3, -0.25) is 0 Å². The molecular formula is C15H24BrNO2. The molecule has 0 aliphatic carbocycles. The number of nitrogens with one attached hydrogen (secondary N) is 1. The van der Waals surface area contributed by atoms with Gasteiger partial charge in [0.2, 0.25) is 0 Å². The van der Waals surface area contributed by atoms with E-state index >= 15 is 0 Å². The van der Waals surface area contributed by atoms with Crippen LogP contribution in [0.5, 0.6) is 5.75 Å². The zero-order valence-corrected chi connectivity index (χ0v) is 14.0. The molecule has 1 aromatic carbocycles. The summed E-state index contributed by atoms with van der Waals surface area (Å²) in [5, 5.41) is 3.48. The molecule has 0 heterocycles. The first-order chi connectivity index (χ1) is 8.83. The predicted molar refractivity (Wildman–Crippen MR) is 82.7 cm³/mol. The number of para-hydroxylation sites is 1. The third kappa shape index (κ3) is 5.93. The van der Waals surface area contributed by atoms with Crippen molar-refractivity contribution < 1.29 is 9.47 Å². The van der Waals surface area contributed by atoms with E-state index in [1.54, 1.807) is 7.11 Å². The van der Waals surface area contributed by atoms with E-state index in [0.717, 1.165) is 22.3 Å². The summed E-state index contributed by atoms with van der Waals surface area (Å²) in [7, 11) is 1.68. The second-order valence-corrected chi connectivity index (χ2v) is 6.57. The molecule has 0 saturated carbocycles. The molecule has 0 saturated heterocycles. The van der Waals surface area contributed by atoms with E-state index in [0.29, 0.717) is 6.61 Å². The van der Waals surface area contributed by atoms with Gasteiger partial charge in [0.1, 0.15) is 11.9 Å². The van der Waals surface area contributed by atoms with Gasteiger partial charge in [-0.25, -0.2) is 0 Å². The van der Waals surface area contributed by atoms with Crippen molar-refractivity contribution in [3.8, 4) is 5.75 Å². The van der Waals surface area contributed by atoms with Gasteiger partial charge in [-0.2, -0.15) is 0 Å². The Bertz CT molecular complexity index is 402. The van der Waals surface area contributed by atoms with Crippen molar-refractivity contribution in [1.29, 1.82) is 0 Å². The van der Waals surface area contributed by atoms with Gasteiger partial charge in [-0.15, -0.1) is 0 Å². The van der Waals surface area contributed by atoms with E-state index in [4.69, 9.17) is 9.47 Å². The van der Waals surface area contributed by atoms with E-state index in [-0.39, 0.29) is 11.6 Å². The molecule has 1 rings (SSSR count). The Morgan fingerprint density at radius 3 is 2.58 bits per heavy atom. The van der Waals surface area contributed by atoms with E-state index in [1.165, 1.54) is 0 Å². The van der Waals surface area contributed by atoms with Gasteiger partial charge in [0.15, 0.2) is 0 Å². The lowest BCUT2D eigenvalue weighted by Crippen LogP contribution is -2.35. The molecule has 0 spiro atoms. The molecule has 108 valence electrons. The highest BCUT2D eigenvalue weighted by molar-refractivity contribution is 9.10. The SMILES string of the molecule is COCC(C)Oc1c(Br)cccc1CNC(C)(C)C. The fourth-order valence-electron chi connectivity index (χ4n) is 1.65. The molecular weight excluding hydrogens is 306 g/mol. The Balaban J connectivity index is 2.83. The van der Waals surface area contributed by atoms with Crippen molar-refractivity contribution >= 4 is 15.9 Å². The molecule has 19 heavy (non-hydrogen) atoms. The Labute approximate surface area is 124 Å². The van der Waals surface area contributed by atoms with Crippen LogP contribution >= 0.6 is 15.9 Å². The molecule has 0 radical (unpaired) electrons. The molecule has 0 aliphatic rings. The van der Waals surface area contributed by atoms with E-state index < -0.39 is 0 Å². The Morgan fingerprint density at radius 2 is 2.00 bits per heavy atom. The fraction of sp³-hybridized carbons (Fsp3) is 0.600. The van der Waals surface area contributed by atoms with Gasteiger partial charge < -0.3 is 14.8 Å². The van der Waals surface area contributed by atoms with Gasteiger partial charge in [0.25, 0.3) is 0 Å². The topological polar surface area (TPSA) is 30.5 Å². The molecule has 0 fully saturated rings. The van der Waals surface area contributed by atoms with Crippen LogP contribution in [0.25, 0.3) is 0 Å². The van der Waals surface area contributed by atoms with Crippen LogP contribution in [0.1, 0.15) is 33.3 Å². The predicted octanol–water partition coefficient (Wildman–Crippen LogP) is 3.75. The first-order valence-corrected chi connectivity index (χ1v) is 7.31. The van der Waals surface area contributed by atoms with Crippen molar-refractivity contribution in [2.24, 2.45) is 0 Å². The average Bonchev–Trinajstić information content (AvgIpc) is 2.29. The second-order valence-electron chi connectivity index (χ2n) is 5.72. The van der Waals surface area contributed by atoms with Gasteiger partial charge >= 0.3 is 0 Å². The van der Waals surface area contributed by atoms with Crippen molar-refractivity contribution in [2.45, 2.75) is 45.9 Å². The summed E-state index contributed by atoms with van der Waals surface area (Å²) in [5.74, 6) is 0.892. The van der Waals surface area contributed by atoms with Crippen molar-refractivity contribution in [3.05, 3.63) is 28.2 Å². The average molecular weight is 330 g/mol. The van der Waals surface area contributed by atoms with Gasteiger partial charge in [0.05, 0.1) is 11.1 Å². The minimum atomic E-state index is 0.0251. The standard InChI is InChI=1S/C15H24BrNO2/c1-11(10-18-5)19-14-12(7-6-8-13(14)16)9-17-15(2,3)4/h6-8,11,17H,9-10H2,1-5H3. The summed E-state index contributed by atoms with van der Waals surface area (Å²) in [6.45, 7) is 9.81. The maximum atomic E-state index is 5.97. The molecule has 3 nitrogen and oxygen atoms in total. The highest BCUT2D eigenvalue weighted by Crippen LogP contribution is 2.30. The van der Waals surface area contributed by atoms with E-state index in [9.17, 15) is 0 Å². The van der Waals surface area contributed by atoms with Crippen molar-refractivity contribution in [2.75, 3.05) is 13.7 Å². The van der Waals surface area contributed by atoms with Crippen LogP contribution in [-0.4, -0.2) is 25.4 Å². The lowest BCUT2D eigenvalue weighted by atomic mass is 10.1. The molecule has 1 atom stereocenters. The summed E-state index contributed by atoms with van der Waals surface area (Å²) < 4.78 is 12.1. The third-order valence-electron chi connectivity index (χ3n) is 2.58. The molecule has 1 unspecified atom stereocenters. The summed E-state index contributed by atoms with van der Waals surface area (Å²) in [6.07, 6.45) is 0.0251. The number of hydrogen-bond donors (Lipinski definition) is 1.